The highest BCUT2D eigenvalue weighted by Gasteiger charge is 2.19. The molecule has 0 radical (unpaired) electrons. The van der Waals surface area contributed by atoms with Gasteiger partial charge in [0.15, 0.2) is 6.10 Å². The van der Waals surface area contributed by atoms with Crippen LogP contribution in [0.25, 0.3) is 0 Å². The van der Waals surface area contributed by atoms with E-state index in [2.05, 4.69) is 191 Å². The monoisotopic (exact) mass is 1010 g/mol. The van der Waals surface area contributed by atoms with Gasteiger partial charge in [0.1, 0.15) is 13.2 Å². The Bertz CT molecular complexity index is 1780. The molecule has 0 spiro atoms. The fourth-order valence-corrected chi connectivity index (χ4v) is 6.88. The molecule has 0 bridgehead atoms. The van der Waals surface area contributed by atoms with Crippen molar-refractivity contribution < 1.29 is 28.6 Å². The molecule has 6 heteroatoms. The van der Waals surface area contributed by atoms with Gasteiger partial charge >= 0.3 is 17.9 Å². The second-order valence-electron chi connectivity index (χ2n) is 18.1. The van der Waals surface area contributed by atoms with E-state index in [-0.39, 0.29) is 38.0 Å². The second-order valence-corrected chi connectivity index (χ2v) is 18.1. The zero-order chi connectivity index (χ0) is 53.6. The van der Waals surface area contributed by atoms with E-state index in [4.69, 9.17) is 14.2 Å². The molecule has 6 nitrogen and oxygen atoms in total. The SMILES string of the molecule is CC/C=C\C/C=C\C/C=C\C/C=C\C/C=C\C/C=C\C/C=C\CCCC(=O)OCC(COC(=O)CCCCCCC/C=C\C/C=C\CCCC)OC(=O)CC/C=C\C/C=C\C/C=C\C/C=C\C/C=C\C/C=C\CC. The zero-order valence-corrected chi connectivity index (χ0v) is 46.8. The van der Waals surface area contributed by atoms with Crippen molar-refractivity contribution in [2.75, 3.05) is 13.2 Å². The van der Waals surface area contributed by atoms with Gasteiger partial charge in [-0.25, -0.2) is 0 Å². The van der Waals surface area contributed by atoms with Crippen molar-refractivity contribution >= 4 is 17.9 Å². The minimum absolute atomic E-state index is 0.144. The maximum Gasteiger partial charge on any atom is 0.306 e. The Morgan fingerprint density at radius 2 is 0.568 bits per heavy atom. The first-order valence-corrected chi connectivity index (χ1v) is 28.8. The van der Waals surface area contributed by atoms with E-state index in [0.717, 1.165) is 135 Å². The minimum Gasteiger partial charge on any atom is -0.462 e. The number of esters is 3. The van der Waals surface area contributed by atoms with Crippen molar-refractivity contribution in [1.82, 2.24) is 0 Å². The third-order valence-corrected chi connectivity index (χ3v) is 11.1. The van der Waals surface area contributed by atoms with Gasteiger partial charge in [0, 0.05) is 19.3 Å². The van der Waals surface area contributed by atoms with Crippen LogP contribution in [0, 0.1) is 0 Å². The summed E-state index contributed by atoms with van der Waals surface area (Å²) < 4.78 is 16.7. The van der Waals surface area contributed by atoms with Crippen LogP contribution in [-0.2, 0) is 28.6 Å². The Morgan fingerprint density at radius 1 is 0.284 bits per heavy atom. The molecule has 0 saturated heterocycles. The molecule has 410 valence electrons. The number of hydrogen-bond donors (Lipinski definition) is 0. The molecule has 0 aromatic heterocycles. The molecule has 0 rings (SSSR count). The summed E-state index contributed by atoms with van der Waals surface area (Å²) in [5.41, 5.74) is 0. The van der Waals surface area contributed by atoms with Crippen LogP contribution in [0.15, 0.2) is 182 Å². The smallest absolute Gasteiger partial charge is 0.306 e. The number of unbranched alkanes of at least 4 members (excludes halogenated alkanes) is 8. The molecule has 1 atom stereocenters. The van der Waals surface area contributed by atoms with Crippen LogP contribution in [0.4, 0.5) is 0 Å². The second kappa shape index (κ2) is 60.1. The lowest BCUT2D eigenvalue weighted by atomic mass is 10.1. The van der Waals surface area contributed by atoms with E-state index in [1.165, 1.54) is 19.3 Å². The largest absolute Gasteiger partial charge is 0.462 e. The molecular weight excluding hydrogens is 913 g/mol. The lowest BCUT2D eigenvalue weighted by molar-refractivity contribution is -0.166. The van der Waals surface area contributed by atoms with Gasteiger partial charge in [-0.1, -0.05) is 235 Å². The van der Waals surface area contributed by atoms with Crippen LogP contribution in [-0.4, -0.2) is 37.2 Å². The molecular formula is C68H102O6. The lowest BCUT2D eigenvalue weighted by Gasteiger charge is -2.18. The summed E-state index contributed by atoms with van der Waals surface area (Å²) >= 11 is 0. The number of allylic oxidation sites excluding steroid dienone is 30. The third kappa shape index (κ3) is 57.4. The third-order valence-electron chi connectivity index (χ3n) is 11.1. The standard InChI is InChI=1S/C68H102O6/c1-4-7-10-13-16-19-22-25-28-30-32-33-34-35-37-38-40-43-46-49-52-55-58-61-67(70)73-64-65(63-72-66(69)60-57-54-51-48-45-42-27-24-21-18-15-12-9-6-3)74-68(71)62-59-56-53-50-47-44-41-39-36-31-29-26-23-20-17-14-11-8-5-2/h7-8,10-11,15-20,24-29,32-33,35-37,39-40,43-44,47,49,52-53,56,65H,4-6,9,12-14,21-23,30-31,34,38,41-42,45-46,48,50-51,54-55,57-64H2,1-3H3/b10-7-,11-8-,18-15-,19-16-,20-17-,27-24-,28-25-,29-26-,33-32-,37-35-,39-36-,43-40-,47-44-,52-49-,56-53-. The summed E-state index contributed by atoms with van der Waals surface area (Å²) in [6, 6.07) is 0. The summed E-state index contributed by atoms with van der Waals surface area (Å²) in [5.74, 6) is -1.12. The summed E-state index contributed by atoms with van der Waals surface area (Å²) in [6.07, 6.45) is 90.4. The van der Waals surface area contributed by atoms with Gasteiger partial charge < -0.3 is 14.2 Å². The summed E-state index contributed by atoms with van der Waals surface area (Å²) in [7, 11) is 0. The Kier molecular flexibility index (Phi) is 55.6. The van der Waals surface area contributed by atoms with Crippen LogP contribution in [0.5, 0.6) is 0 Å². The van der Waals surface area contributed by atoms with Gasteiger partial charge in [-0.15, -0.1) is 0 Å². The molecule has 0 aliphatic rings. The van der Waals surface area contributed by atoms with Gasteiger partial charge in [0.2, 0.25) is 0 Å². The summed E-state index contributed by atoms with van der Waals surface area (Å²) in [5, 5.41) is 0. The molecule has 74 heavy (non-hydrogen) atoms. The topological polar surface area (TPSA) is 78.9 Å². The fraction of sp³-hybridized carbons (Fsp3) is 0.515. The van der Waals surface area contributed by atoms with Crippen molar-refractivity contribution in [3.8, 4) is 0 Å². The molecule has 0 aromatic carbocycles. The van der Waals surface area contributed by atoms with Crippen molar-refractivity contribution in [1.29, 1.82) is 0 Å². The first-order chi connectivity index (χ1) is 36.5. The van der Waals surface area contributed by atoms with E-state index in [1.54, 1.807) is 0 Å². The highest BCUT2D eigenvalue weighted by Crippen LogP contribution is 2.11. The Labute approximate surface area is 453 Å². The van der Waals surface area contributed by atoms with Gasteiger partial charge in [-0.05, 0) is 135 Å². The maximum atomic E-state index is 12.8. The predicted molar refractivity (Wildman–Crippen MR) is 320 cm³/mol. The van der Waals surface area contributed by atoms with Crippen LogP contribution in [0.2, 0.25) is 0 Å². The number of hydrogen-bond acceptors (Lipinski definition) is 6. The van der Waals surface area contributed by atoms with Crippen molar-refractivity contribution in [3.05, 3.63) is 182 Å². The fourth-order valence-electron chi connectivity index (χ4n) is 6.88. The van der Waals surface area contributed by atoms with E-state index in [0.29, 0.717) is 19.3 Å². The molecule has 0 aromatic rings. The van der Waals surface area contributed by atoms with Gasteiger partial charge in [0.25, 0.3) is 0 Å². The van der Waals surface area contributed by atoms with Crippen molar-refractivity contribution in [2.24, 2.45) is 0 Å². The minimum atomic E-state index is -0.859. The Balaban J connectivity index is 4.65. The molecule has 0 N–H and O–H groups in total. The van der Waals surface area contributed by atoms with E-state index < -0.39 is 12.1 Å². The highest BCUT2D eigenvalue weighted by atomic mass is 16.6. The molecule has 0 saturated carbocycles. The van der Waals surface area contributed by atoms with Gasteiger partial charge in [-0.3, -0.25) is 14.4 Å². The quantitative estimate of drug-likeness (QED) is 0.0261. The molecule has 0 fully saturated rings. The number of rotatable bonds is 49. The van der Waals surface area contributed by atoms with Crippen molar-refractivity contribution in [3.63, 3.8) is 0 Å². The summed E-state index contributed by atoms with van der Waals surface area (Å²) in [4.78, 5) is 38.1. The maximum absolute atomic E-state index is 12.8. The Hall–Kier alpha value is -5.49. The Morgan fingerprint density at radius 3 is 0.932 bits per heavy atom. The highest BCUT2D eigenvalue weighted by molar-refractivity contribution is 5.71. The van der Waals surface area contributed by atoms with E-state index in [1.807, 2.05) is 12.2 Å². The molecule has 0 aliphatic carbocycles. The predicted octanol–water partition coefficient (Wildman–Crippen LogP) is 19.7. The van der Waals surface area contributed by atoms with E-state index >= 15 is 0 Å². The average Bonchev–Trinajstić information content (AvgIpc) is 3.40. The van der Waals surface area contributed by atoms with Crippen LogP contribution < -0.4 is 0 Å². The van der Waals surface area contributed by atoms with Crippen LogP contribution in [0.3, 0.4) is 0 Å². The van der Waals surface area contributed by atoms with Crippen LogP contribution in [0.1, 0.15) is 207 Å². The first kappa shape index (κ1) is 68.5. The normalized spacial score (nSPS) is 13.5. The number of carbonyl (C=O) groups excluding carboxylic acids is 3. The van der Waals surface area contributed by atoms with Crippen molar-refractivity contribution in [2.45, 2.75) is 213 Å². The zero-order valence-electron chi connectivity index (χ0n) is 46.8. The number of carbonyl (C=O) groups is 3. The lowest BCUT2D eigenvalue weighted by Crippen LogP contribution is -2.30. The van der Waals surface area contributed by atoms with Crippen LogP contribution >= 0.6 is 0 Å². The molecule has 0 aliphatic heterocycles. The molecule has 0 amide bonds. The molecule has 0 heterocycles. The molecule has 1 unspecified atom stereocenters. The van der Waals surface area contributed by atoms with Gasteiger partial charge in [-0.2, -0.15) is 0 Å². The van der Waals surface area contributed by atoms with E-state index in [9.17, 15) is 14.4 Å². The van der Waals surface area contributed by atoms with Gasteiger partial charge in [0.05, 0.1) is 0 Å². The average molecular weight is 1020 g/mol. The summed E-state index contributed by atoms with van der Waals surface area (Å²) in [6.45, 7) is 6.22. The number of ether oxygens (including phenoxy) is 3. The first-order valence-electron chi connectivity index (χ1n) is 28.8.